The third kappa shape index (κ3) is 8.04. The van der Waals surface area contributed by atoms with Crippen molar-refractivity contribution in [2.45, 2.75) is 48.2 Å². The molecule has 0 radical (unpaired) electrons. The van der Waals surface area contributed by atoms with Crippen molar-refractivity contribution < 1.29 is 30.0 Å². The lowest BCUT2D eigenvalue weighted by Gasteiger charge is -2.21. The number of nitrogens with one attached hydrogen (secondary N) is 1. The van der Waals surface area contributed by atoms with Gasteiger partial charge in [-0.2, -0.15) is 17.5 Å². The lowest BCUT2D eigenvalue weighted by molar-refractivity contribution is -0.138. The second-order valence-corrected chi connectivity index (χ2v) is 16.1. The molecule has 0 spiro atoms. The van der Waals surface area contributed by atoms with Gasteiger partial charge in [-0.3, -0.25) is 0 Å². The summed E-state index contributed by atoms with van der Waals surface area (Å²) in [6, 6.07) is 32.8. The predicted octanol–water partition coefficient (Wildman–Crippen LogP) is 8.42. The Hall–Kier alpha value is -5.31. The summed E-state index contributed by atoms with van der Waals surface area (Å²) in [6.07, 6.45) is 1.17. The van der Waals surface area contributed by atoms with Crippen molar-refractivity contribution >= 4 is 42.1 Å². The zero-order chi connectivity index (χ0) is 37.8. The van der Waals surface area contributed by atoms with Gasteiger partial charge in [0.1, 0.15) is 5.65 Å². The first-order chi connectivity index (χ1) is 25.3. The molecule has 4 aromatic heterocycles. The molecule has 0 bridgehead atoms. The molecule has 2 atom stereocenters. The molecular formula is C39H36F3N5O4S2. The first-order valence-electron chi connectivity index (χ1n) is 16.6. The van der Waals surface area contributed by atoms with Crippen molar-refractivity contribution in [1.82, 2.24) is 23.2 Å². The highest BCUT2D eigenvalue weighted by Crippen LogP contribution is 2.41. The van der Waals surface area contributed by atoms with Gasteiger partial charge in [0.15, 0.2) is 5.65 Å². The average Bonchev–Trinajstić information content (AvgIpc) is 3.89. The van der Waals surface area contributed by atoms with Crippen LogP contribution < -0.4 is 0 Å². The number of aryl methyl sites for hydroxylation is 1. The monoisotopic (exact) mass is 759 g/mol. The number of aromatic amines is 1. The minimum atomic E-state index is -4.45. The van der Waals surface area contributed by atoms with E-state index in [9.17, 15) is 30.0 Å². The first-order valence-corrected chi connectivity index (χ1v) is 19.5. The summed E-state index contributed by atoms with van der Waals surface area (Å²) in [5, 5.41) is 1.98. The number of aromatic nitrogens is 4. The second-order valence-electron chi connectivity index (χ2n) is 12.5. The zero-order valence-electron chi connectivity index (χ0n) is 28.7. The number of rotatable bonds is 5. The van der Waals surface area contributed by atoms with Crippen molar-refractivity contribution in [3.63, 3.8) is 0 Å². The van der Waals surface area contributed by atoms with Gasteiger partial charge in [-0.25, -0.2) is 30.8 Å². The van der Waals surface area contributed by atoms with E-state index in [4.69, 9.17) is 0 Å². The summed E-state index contributed by atoms with van der Waals surface area (Å²) in [6.45, 7) is 3.55. The number of nitrogens with zero attached hydrogens (tertiary/aromatic N) is 4. The van der Waals surface area contributed by atoms with Crippen LogP contribution in [0, 0.1) is 6.92 Å². The Kier molecular flexibility index (Phi) is 10.8. The summed E-state index contributed by atoms with van der Waals surface area (Å²) in [5.74, 6) is -0.480. The van der Waals surface area contributed by atoms with Crippen LogP contribution in [0.1, 0.15) is 36.1 Å². The highest BCUT2D eigenvalue weighted by atomic mass is 32.2. The molecule has 5 heterocycles. The number of H-pyrrole nitrogens is 1. The van der Waals surface area contributed by atoms with Crippen molar-refractivity contribution in [1.29, 1.82) is 0 Å². The van der Waals surface area contributed by atoms with Crippen LogP contribution in [0.5, 0.6) is 0 Å². The van der Waals surface area contributed by atoms with Crippen LogP contribution in [0.2, 0.25) is 0 Å². The molecular weight excluding hydrogens is 724 g/mol. The van der Waals surface area contributed by atoms with Crippen LogP contribution in [-0.4, -0.2) is 52.7 Å². The van der Waals surface area contributed by atoms with E-state index in [1.165, 1.54) is 32.5 Å². The molecule has 1 saturated heterocycles. The summed E-state index contributed by atoms with van der Waals surface area (Å²) in [7, 11) is -7.32. The van der Waals surface area contributed by atoms with Gasteiger partial charge in [0.2, 0.25) is 10.0 Å². The van der Waals surface area contributed by atoms with Crippen LogP contribution in [0.15, 0.2) is 150 Å². The number of pyridine rings is 2. The van der Waals surface area contributed by atoms with E-state index in [0.717, 1.165) is 22.5 Å². The highest BCUT2D eigenvalue weighted by Gasteiger charge is 2.42. The molecule has 0 amide bonds. The fourth-order valence-corrected chi connectivity index (χ4v) is 9.66. The standard InChI is InChI=1S/C18H18F3NO2S.C14H12N2O2S.C7H6N2/c1-13-11-14(16-9-5-6-10-17(16)18(19,20)21)12-22(13)25(23,24)15-7-3-2-4-8-15;1-11-10-12-6-5-9-15-14(12)16(11)19(17,18)13-7-3-2-4-8-13;1-2-6-3-5-9-7(6)8-4-1/h2-10,13-14H,11-12H2,1H3;2-10H,1H3;1-5H,(H,8,9). The van der Waals surface area contributed by atoms with Crippen LogP contribution in [0.3, 0.4) is 0 Å². The number of hydrogen-bond donors (Lipinski definition) is 1. The van der Waals surface area contributed by atoms with Gasteiger partial charge in [-0.15, -0.1) is 0 Å². The largest absolute Gasteiger partial charge is 0.416 e. The van der Waals surface area contributed by atoms with Gasteiger partial charge >= 0.3 is 6.18 Å². The molecule has 0 aliphatic carbocycles. The third-order valence-corrected chi connectivity index (χ3v) is 12.7. The molecule has 2 unspecified atom stereocenters. The van der Waals surface area contributed by atoms with Crippen molar-refractivity contribution in [2.75, 3.05) is 6.54 Å². The molecule has 14 heteroatoms. The lowest BCUT2D eigenvalue weighted by atomic mass is 9.92. The fourth-order valence-electron chi connectivity index (χ4n) is 6.43. The number of halogens is 3. The Morgan fingerprint density at radius 1 is 0.717 bits per heavy atom. The van der Waals surface area contributed by atoms with Gasteiger partial charge in [-0.05, 0) is 98.5 Å². The number of hydrogen-bond acceptors (Lipinski definition) is 6. The fraction of sp³-hybridized carbons (Fsp3) is 0.179. The number of benzene rings is 3. The van der Waals surface area contributed by atoms with E-state index in [1.54, 1.807) is 86.9 Å². The maximum atomic E-state index is 13.3. The second kappa shape index (κ2) is 15.3. The number of sulfonamides is 1. The van der Waals surface area contributed by atoms with Gasteiger partial charge < -0.3 is 4.98 Å². The molecule has 8 rings (SSSR count). The maximum Gasteiger partial charge on any atom is 0.416 e. The Morgan fingerprint density at radius 3 is 1.94 bits per heavy atom. The smallest absolute Gasteiger partial charge is 0.346 e. The molecule has 3 aromatic carbocycles. The maximum absolute atomic E-state index is 13.3. The quantitative estimate of drug-likeness (QED) is 0.188. The summed E-state index contributed by atoms with van der Waals surface area (Å²) >= 11 is 0. The van der Waals surface area contributed by atoms with Gasteiger partial charge in [0, 0.05) is 47.6 Å². The van der Waals surface area contributed by atoms with Crippen molar-refractivity contribution in [2.24, 2.45) is 0 Å². The first kappa shape index (κ1) is 37.4. The highest BCUT2D eigenvalue weighted by molar-refractivity contribution is 7.90. The van der Waals surface area contributed by atoms with E-state index >= 15 is 0 Å². The van der Waals surface area contributed by atoms with Crippen LogP contribution in [-0.2, 0) is 26.2 Å². The minimum Gasteiger partial charge on any atom is -0.346 e. The summed E-state index contributed by atoms with van der Waals surface area (Å²) in [4.78, 5) is 11.7. The zero-order valence-corrected chi connectivity index (χ0v) is 30.4. The number of fused-ring (bicyclic) bond motifs is 2. The molecule has 1 aliphatic rings. The SMILES string of the molecule is CC1CC(c2ccccc2C(F)(F)F)CN1S(=O)(=O)c1ccccc1.Cc1cc2cccnc2n1S(=O)(=O)c1ccccc1.c1cnc2[nH]ccc2c1. The Morgan fingerprint density at radius 2 is 1.30 bits per heavy atom. The van der Waals surface area contributed by atoms with Crippen LogP contribution in [0.25, 0.3) is 22.1 Å². The molecule has 1 aliphatic heterocycles. The Balaban J connectivity index is 0.000000150. The van der Waals surface area contributed by atoms with Gasteiger partial charge in [0.25, 0.3) is 10.0 Å². The molecule has 9 nitrogen and oxygen atoms in total. The topological polar surface area (TPSA) is 118 Å². The summed E-state index contributed by atoms with van der Waals surface area (Å²) < 4.78 is 93.3. The molecule has 53 heavy (non-hydrogen) atoms. The summed E-state index contributed by atoms with van der Waals surface area (Å²) in [5.41, 5.74) is 1.54. The minimum absolute atomic E-state index is 0.0471. The molecule has 0 saturated carbocycles. The average molecular weight is 760 g/mol. The molecule has 1 N–H and O–H groups in total. The normalized spacial score (nSPS) is 16.5. The molecule has 7 aromatic rings. The van der Waals surface area contributed by atoms with E-state index < -0.39 is 37.7 Å². The van der Waals surface area contributed by atoms with Crippen LogP contribution >= 0.6 is 0 Å². The van der Waals surface area contributed by atoms with E-state index in [-0.39, 0.29) is 27.9 Å². The Bertz CT molecular complexity index is 2510. The third-order valence-electron chi connectivity index (χ3n) is 8.87. The molecule has 274 valence electrons. The van der Waals surface area contributed by atoms with E-state index in [2.05, 4.69) is 15.0 Å². The van der Waals surface area contributed by atoms with Gasteiger partial charge in [0.05, 0.1) is 15.4 Å². The predicted molar refractivity (Wildman–Crippen MR) is 198 cm³/mol. The van der Waals surface area contributed by atoms with E-state index in [0.29, 0.717) is 17.8 Å². The number of alkyl halides is 3. The Labute approximate surface area is 305 Å². The van der Waals surface area contributed by atoms with Crippen LogP contribution in [0.4, 0.5) is 13.2 Å². The van der Waals surface area contributed by atoms with E-state index in [1.807, 2.05) is 36.5 Å². The van der Waals surface area contributed by atoms with Gasteiger partial charge in [-0.1, -0.05) is 54.6 Å². The van der Waals surface area contributed by atoms with Crippen molar-refractivity contribution in [3.05, 3.63) is 157 Å². The van der Waals surface area contributed by atoms with Crippen molar-refractivity contribution in [3.8, 4) is 0 Å². The molecule has 1 fully saturated rings. The lowest BCUT2D eigenvalue weighted by Crippen LogP contribution is -2.34.